The second-order valence-corrected chi connectivity index (χ2v) is 8.50. The van der Waals surface area contributed by atoms with E-state index >= 15 is 0 Å². The monoisotopic (exact) mass is 513 g/mol. The smallest absolute Gasteiger partial charge is 0.293 e. The van der Waals surface area contributed by atoms with Gasteiger partial charge < -0.3 is 24.8 Å². The lowest BCUT2D eigenvalue weighted by Crippen LogP contribution is -2.26. The molecule has 1 atom stereocenters. The Morgan fingerprint density at radius 2 is 2.00 bits per heavy atom. The van der Waals surface area contributed by atoms with Gasteiger partial charge in [-0.05, 0) is 48.6 Å². The molecule has 1 aliphatic heterocycles. The first-order valence-corrected chi connectivity index (χ1v) is 12.2. The zero-order chi connectivity index (χ0) is 27.4. The van der Waals surface area contributed by atoms with Gasteiger partial charge in [0.15, 0.2) is 0 Å². The number of nitrogens with one attached hydrogen (secondary N) is 1. The van der Waals surface area contributed by atoms with Gasteiger partial charge in [-0.25, -0.2) is 9.37 Å². The van der Waals surface area contributed by atoms with Gasteiger partial charge in [0.05, 0.1) is 35.1 Å². The molecule has 198 valence electrons. The molecule has 37 heavy (non-hydrogen) atoms. The third-order valence-electron chi connectivity index (χ3n) is 6.52. The van der Waals surface area contributed by atoms with Gasteiger partial charge in [-0.15, -0.1) is 0 Å². The van der Waals surface area contributed by atoms with Gasteiger partial charge in [0.1, 0.15) is 19.0 Å². The average molecular weight is 514 g/mol. The predicted octanol–water partition coefficient (Wildman–Crippen LogP) is 2.80. The number of nitrogens with zero attached hydrogens (tertiary/aromatic N) is 2. The van der Waals surface area contributed by atoms with Crippen molar-refractivity contribution in [3.05, 3.63) is 61.7 Å². The summed E-state index contributed by atoms with van der Waals surface area (Å²) in [6, 6.07) is 3.00. The van der Waals surface area contributed by atoms with Crippen LogP contribution in [0, 0.1) is 12.7 Å². The van der Waals surface area contributed by atoms with Crippen LogP contribution < -0.4 is 10.9 Å². The highest BCUT2D eigenvalue weighted by atomic mass is 19.1. The summed E-state index contributed by atoms with van der Waals surface area (Å²) in [6.07, 6.45) is -0.434. The van der Waals surface area contributed by atoms with E-state index in [1.165, 1.54) is 17.6 Å². The lowest BCUT2D eigenvalue weighted by atomic mass is 9.92. The molecule has 3 N–H and O–H groups in total. The Labute approximate surface area is 213 Å². The van der Waals surface area contributed by atoms with Crippen LogP contribution in [0.4, 0.5) is 4.39 Å². The number of halogens is 1. The Hall–Kier alpha value is -3.63. The second kappa shape index (κ2) is 11.6. The van der Waals surface area contributed by atoms with E-state index in [0.29, 0.717) is 45.4 Å². The number of fused-ring (bicyclic) bond motifs is 4. The van der Waals surface area contributed by atoms with Crippen molar-refractivity contribution in [3.8, 4) is 11.4 Å². The van der Waals surface area contributed by atoms with Crippen molar-refractivity contribution >= 4 is 23.3 Å². The molecule has 0 saturated heterocycles. The highest BCUT2D eigenvalue weighted by molar-refractivity contribution is 5.92. The maximum atomic E-state index is 14.9. The number of rotatable bonds is 8. The summed E-state index contributed by atoms with van der Waals surface area (Å²) in [4.78, 5) is 40.5. The maximum absolute atomic E-state index is 14.9. The number of amides is 1. The van der Waals surface area contributed by atoms with Crippen LogP contribution >= 0.6 is 0 Å². The van der Waals surface area contributed by atoms with Gasteiger partial charge in [0, 0.05) is 23.6 Å². The molecule has 4 rings (SSSR count). The highest BCUT2D eigenvalue weighted by Gasteiger charge is 2.30. The number of hydrogen-bond acceptors (Lipinski definition) is 7. The molecule has 0 bridgehead atoms. The van der Waals surface area contributed by atoms with Gasteiger partial charge in [-0.3, -0.25) is 14.4 Å². The molecule has 0 spiro atoms. The SMILES string of the molecule is CC.CCc1c2c(nc3cc(F)c(C)c(CNC(=O)CO)c13)-c1cc(C(C)O)c(COC=O)c(=O)n1C2. The molecule has 1 amide bonds. The fourth-order valence-corrected chi connectivity index (χ4v) is 4.78. The van der Waals surface area contributed by atoms with Gasteiger partial charge in [-0.1, -0.05) is 20.8 Å². The second-order valence-electron chi connectivity index (χ2n) is 8.50. The highest BCUT2D eigenvalue weighted by Crippen LogP contribution is 2.39. The third kappa shape index (κ3) is 4.99. The lowest BCUT2D eigenvalue weighted by molar-refractivity contribution is -0.130. The van der Waals surface area contributed by atoms with Crippen LogP contribution in [-0.4, -0.2) is 38.8 Å². The van der Waals surface area contributed by atoms with Gasteiger partial charge >= 0.3 is 0 Å². The Morgan fingerprint density at radius 1 is 1.30 bits per heavy atom. The Morgan fingerprint density at radius 3 is 2.59 bits per heavy atom. The van der Waals surface area contributed by atoms with Crippen LogP contribution in [0.2, 0.25) is 0 Å². The lowest BCUT2D eigenvalue weighted by Gasteiger charge is -2.17. The molecule has 1 aromatic carbocycles. The van der Waals surface area contributed by atoms with Gasteiger partial charge in [0.25, 0.3) is 12.0 Å². The first kappa shape index (κ1) is 27.9. The Bertz CT molecular complexity index is 1410. The minimum atomic E-state index is -0.990. The molecule has 0 radical (unpaired) electrons. The number of aryl methyl sites for hydroxylation is 1. The van der Waals surface area contributed by atoms with E-state index < -0.39 is 30.0 Å². The minimum absolute atomic E-state index is 0.0131. The van der Waals surface area contributed by atoms with Crippen LogP contribution in [-0.2, 0) is 40.4 Å². The van der Waals surface area contributed by atoms with Crippen LogP contribution in [0.25, 0.3) is 22.3 Å². The van der Waals surface area contributed by atoms with Crippen molar-refractivity contribution < 1.29 is 28.9 Å². The van der Waals surface area contributed by atoms with Crippen LogP contribution in [0.3, 0.4) is 0 Å². The molecule has 0 saturated carbocycles. The quantitative estimate of drug-likeness (QED) is 0.309. The molecular weight excluding hydrogens is 481 g/mol. The van der Waals surface area contributed by atoms with E-state index in [0.717, 1.165) is 11.1 Å². The number of benzene rings is 1. The van der Waals surface area contributed by atoms with Crippen molar-refractivity contribution in [1.29, 1.82) is 0 Å². The molecule has 1 aliphatic rings. The molecule has 1 unspecified atom stereocenters. The number of aliphatic hydroxyl groups excluding tert-OH is 2. The molecule has 0 aliphatic carbocycles. The summed E-state index contributed by atoms with van der Waals surface area (Å²) in [5.74, 6) is -1.06. The van der Waals surface area contributed by atoms with E-state index in [9.17, 15) is 23.9 Å². The van der Waals surface area contributed by atoms with Crippen LogP contribution in [0.15, 0.2) is 16.9 Å². The van der Waals surface area contributed by atoms with Crippen LogP contribution in [0.5, 0.6) is 0 Å². The van der Waals surface area contributed by atoms with Gasteiger partial charge in [-0.2, -0.15) is 0 Å². The van der Waals surface area contributed by atoms with E-state index in [2.05, 4.69) is 5.32 Å². The third-order valence-corrected chi connectivity index (χ3v) is 6.52. The maximum Gasteiger partial charge on any atom is 0.293 e. The van der Waals surface area contributed by atoms with E-state index in [1.807, 2.05) is 20.8 Å². The molecule has 9 nitrogen and oxygen atoms in total. The fourth-order valence-electron chi connectivity index (χ4n) is 4.78. The Kier molecular flexibility index (Phi) is 8.77. The molecule has 0 fully saturated rings. The summed E-state index contributed by atoms with van der Waals surface area (Å²) < 4.78 is 21.2. The Balaban J connectivity index is 0.00000186. The predicted molar refractivity (Wildman–Crippen MR) is 136 cm³/mol. The largest absolute Gasteiger partial charge is 0.463 e. The zero-order valence-electron chi connectivity index (χ0n) is 21.6. The minimum Gasteiger partial charge on any atom is -0.463 e. The number of aliphatic hydroxyl groups is 2. The molecule has 10 heteroatoms. The number of ether oxygens (including phenoxy) is 1. The molecule has 3 aromatic rings. The summed E-state index contributed by atoms with van der Waals surface area (Å²) in [5, 5.41) is 22.6. The summed E-state index contributed by atoms with van der Waals surface area (Å²) in [7, 11) is 0. The average Bonchev–Trinajstić information content (AvgIpc) is 3.26. The van der Waals surface area contributed by atoms with Crippen molar-refractivity contribution in [2.75, 3.05) is 6.61 Å². The zero-order valence-corrected chi connectivity index (χ0v) is 21.6. The normalized spacial score (nSPS) is 12.3. The number of carbonyl (C=O) groups is 2. The standard InChI is InChI=1S/C25H26FN3O6.C2H6/c1-4-14-17-8-29-21(5-15(13(3)32)18(25(29)34)10-35-11-31)24(17)28-20-6-19(26)12(2)16(23(14)20)7-27-22(33)9-30;1-2/h5-6,11,13,30,32H,4,7-10H2,1-3H3,(H,27,33);1-2H3. The van der Waals surface area contributed by atoms with E-state index in [-0.39, 0.29) is 31.7 Å². The van der Waals surface area contributed by atoms with Crippen molar-refractivity contribution in [2.24, 2.45) is 0 Å². The van der Waals surface area contributed by atoms with E-state index in [4.69, 9.17) is 14.8 Å². The number of aromatic nitrogens is 2. The first-order valence-electron chi connectivity index (χ1n) is 12.2. The number of hydrogen-bond donors (Lipinski definition) is 3. The molecule has 2 aromatic heterocycles. The number of pyridine rings is 2. The van der Waals surface area contributed by atoms with Crippen molar-refractivity contribution in [1.82, 2.24) is 14.9 Å². The summed E-state index contributed by atoms with van der Waals surface area (Å²) in [6.45, 7) is 8.60. The summed E-state index contributed by atoms with van der Waals surface area (Å²) in [5.41, 5.74) is 4.09. The van der Waals surface area contributed by atoms with Crippen LogP contribution in [0.1, 0.15) is 67.2 Å². The van der Waals surface area contributed by atoms with Crippen molar-refractivity contribution in [2.45, 2.75) is 66.8 Å². The molecular formula is C27H32FN3O6. The number of carbonyl (C=O) groups excluding carboxylic acids is 2. The van der Waals surface area contributed by atoms with E-state index in [1.54, 1.807) is 13.0 Å². The fraction of sp³-hybridized carbons (Fsp3) is 0.407. The topological polar surface area (TPSA) is 131 Å². The van der Waals surface area contributed by atoms with Gasteiger partial charge in [0.2, 0.25) is 5.91 Å². The molecule has 3 heterocycles. The summed E-state index contributed by atoms with van der Waals surface area (Å²) >= 11 is 0. The van der Waals surface area contributed by atoms with Crippen molar-refractivity contribution in [3.63, 3.8) is 0 Å². The first-order chi connectivity index (χ1) is 17.7.